The molecule has 2 rings (SSSR count). The lowest BCUT2D eigenvalue weighted by atomic mass is 10.3. The zero-order valence-electron chi connectivity index (χ0n) is 9.91. The topological polar surface area (TPSA) is 41.3 Å². The predicted molar refractivity (Wildman–Crippen MR) is 70.7 cm³/mol. The molecule has 0 radical (unpaired) electrons. The molecule has 90 valence electrons. The molecule has 0 saturated carbocycles. The molecule has 1 aromatic heterocycles. The fourth-order valence-electron chi connectivity index (χ4n) is 2.18. The Bertz CT molecular complexity index is 318. The molecular formula is C12H21N3S. The van der Waals surface area contributed by atoms with Gasteiger partial charge in [-0.2, -0.15) is 0 Å². The van der Waals surface area contributed by atoms with E-state index in [9.17, 15) is 0 Å². The summed E-state index contributed by atoms with van der Waals surface area (Å²) in [7, 11) is 0. The number of hydrogen-bond donors (Lipinski definition) is 2. The van der Waals surface area contributed by atoms with Crippen molar-refractivity contribution in [2.75, 3.05) is 25.4 Å². The quantitative estimate of drug-likeness (QED) is 0.824. The molecule has 0 spiro atoms. The Morgan fingerprint density at radius 2 is 2.25 bits per heavy atom. The van der Waals surface area contributed by atoms with Gasteiger partial charge in [-0.1, -0.05) is 0 Å². The lowest BCUT2D eigenvalue weighted by Crippen LogP contribution is -2.37. The van der Waals surface area contributed by atoms with Gasteiger partial charge in [0.25, 0.3) is 0 Å². The third-order valence-electron chi connectivity index (χ3n) is 3.12. The number of nitrogens with zero attached hydrogens (tertiary/aromatic N) is 1. The third-order valence-corrected chi connectivity index (χ3v) is 4.06. The molecule has 4 heteroatoms. The van der Waals surface area contributed by atoms with Gasteiger partial charge < -0.3 is 16.0 Å². The fourth-order valence-corrected chi connectivity index (χ4v) is 2.93. The maximum Gasteiger partial charge on any atom is 0.0468 e. The van der Waals surface area contributed by atoms with E-state index in [1.807, 2.05) is 6.07 Å². The summed E-state index contributed by atoms with van der Waals surface area (Å²) in [5.74, 6) is 0. The molecule has 2 heterocycles. The summed E-state index contributed by atoms with van der Waals surface area (Å²) in [5, 5.41) is 5.59. The van der Waals surface area contributed by atoms with Gasteiger partial charge >= 0.3 is 0 Å². The number of hydrogen-bond acceptors (Lipinski definition) is 4. The highest BCUT2D eigenvalue weighted by molar-refractivity contribution is 7.10. The molecule has 0 aromatic carbocycles. The van der Waals surface area contributed by atoms with Gasteiger partial charge in [-0.05, 0) is 44.3 Å². The molecule has 0 aliphatic carbocycles. The van der Waals surface area contributed by atoms with E-state index in [0.29, 0.717) is 6.04 Å². The average molecular weight is 239 g/mol. The summed E-state index contributed by atoms with van der Waals surface area (Å²) >= 11 is 1.73. The highest BCUT2D eigenvalue weighted by atomic mass is 32.1. The lowest BCUT2D eigenvalue weighted by Gasteiger charge is -2.21. The van der Waals surface area contributed by atoms with Crippen LogP contribution in [0.25, 0.3) is 0 Å². The third kappa shape index (κ3) is 3.20. The van der Waals surface area contributed by atoms with Crippen LogP contribution in [0, 0.1) is 0 Å². The van der Waals surface area contributed by atoms with Gasteiger partial charge in [-0.3, -0.25) is 0 Å². The zero-order chi connectivity index (χ0) is 11.4. The van der Waals surface area contributed by atoms with E-state index >= 15 is 0 Å². The van der Waals surface area contributed by atoms with Crippen LogP contribution in [-0.2, 0) is 6.54 Å². The van der Waals surface area contributed by atoms with E-state index in [4.69, 9.17) is 5.73 Å². The summed E-state index contributed by atoms with van der Waals surface area (Å²) in [6.45, 7) is 6.85. The van der Waals surface area contributed by atoms with Crippen LogP contribution in [0.1, 0.15) is 24.6 Å². The number of rotatable bonds is 5. The normalized spacial score (nSPS) is 19.1. The monoisotopic (exact) mass is 239 g/mol. The minimum Gasteiger partial charge on any atom is -0.398 e. The molecule has 1 fully saturated rings. The SMILES string of the molecule is CC(CN1CCCC1)NCc1sccc1N. The first kappa shape index (κ1) is 11.9. The van der Waals surface area contributed by atoms with E-state index in [0.717, 1.165) is 18.8 Å². The second-order valence-electron chi connectivity index (χ2n) is 4.59. The maximum atomic E-state index is 5.85. The maximum absolute atomic E-state index is 5.85. The second kappa shape index (κ2) is 5.66. The van der Waals surface area contributed by atoms with Crippen molar-refractivity contribution in [2.45, 2.75) is 32.4 Å². The Morgan fingerprint density at radius 1 is 1.50 bits per heavy atom. The first-order valence-electron chi connectivity index (χ1n) is 6.03. The van der Waals surface area contributed by atoms with Crippen LogP contribution >= 0.6 is 11.3 Å². The van der Waals surface area contributed by atoms with E-state index in [-0.39, 0.29) is 0 Å². The summed E-state index contributed by atoms with van der Waals surface area (Å²) in [6.07, 6.45) is 2.73. The highest BCUT2D eigenvalue weighted by Gasteiger charge is 2.14. The Kier molecular flexibility index (Phi) is 4.21. The Balaban J connectivity index is 1.71. The number of thiophene rings is 1. The molecule has 1 aromatic rings. The number of anilines is 1. The van der Waals surface area contributed by atoms with Gasteiger partial charge in [0.1, 0.15) is 0 Å². The molecule has 1 unspecified atom stereocenters. The summed E-state index contributed by atoms with van der Waals surface area (Å²) in [4.78, 5) is 3.79. The number of nitrogen functional groups attached to an aromatic ring is 1. The van der Waals surface area contributed by atoms with Crippen molar-refractivity contribution < 1.29 is 0 Å². The molecule has 16 heavy (non-hydrogen) atoms. The predicted octanol–water partition coefficient (Wildman–Crippen LogP) is 1.90. The van der Waals surface area contributed by atoms with Crippen LogP contribution in [0.5, 0.6) is 0 Å². The van der Waals surface area contributed by atoms with Crippen LogP contribution in [0.15, 0.2) is 11.4 Å². The molecule has 3 nitrogen and oxygen atoms in total. The van der Waals surface area contributed by atoms with Crippen molar-refractivity contribution in [3.8, 4) is 0 Å². The molecule has 0 bridgehead atoms. The molecule has 1 saturated heterocycles. The largest absolute Gasteiger partial charge is 0.398 e. The lowest BCUT2D eigenvalue weighted by molar-refractivity contribution is 0.298. The molecule has 1 aliphatic rings. The molecule has 0 amide bonds. The van der Waals surface area contributed by atoms with Gasteiger partial charge in [-0.25, -0.2) is 0 Å². The van der Waals surface area contributed by atoms with Crippen LogP contribution in [0.4, 0.5) is 5.69 Å². The zero-order valence-corrected chi connectivity index (χ0v) is 10.7. The molecule has 3 N–H and O–H groups in total. The van der Waals surface area contributed by atoms with Crippen molar-refractivity contribution in [3.05, 3.63) is 16.3 Å². The van der Waals surface area contributed by atoms with Crippen LogP contribution in [0.2, 0.25) is 0 Å². The van der Waals surface area contributed by atoms with Crippen LogP contribution in [-0.4, -0.2) is 30.6 Å². The van der Waals surface area contributed by atoms with Gasteiger partial charge in [-0.15, -0.1) is 11.3 Å². The van der Waals surface area contributed by atoms with E-state index < -0.39 is 0 Å². The Labute approximate surface area is 102 Å². The van der Waals surface area contributed by atoms with Crippen molar-refractivity contribution in [1.82, 2.24) is 10.2 Å². The van der Waals surface area contributed by atoms with Gasteiger partial charge in [0, 0.05) is 29.7 Å². The van der Waals surface area contributed by atoms with Gasteiger partial charge in [0.05, 0.1) is 0 Å². The van der Waals surface area contributed by atoms with Crippen molar-refractivity contribution >= 4 is 17.0 Å². The average Bonchev–Trinajstić information content (AvgIpc) is 2.87. The summed E-state index contributed by atoms with van der Waals surface area (Å²) in [6, 6.07) is 2.52. The number of nitrogens with one attached hydrogen (secondary N) is 1. The molecule has 1 atom stereocenters. The van der Waals surface area contributed by atoms with E-state index in [1.54, 1.807) is 11.3 Å². The van der Waals surface area contributed by atoms with Crippen molar-refractivity contribution in [1.29, 1.82) is 0 Å². The Morgan fingerprint density at radius 3 is 2.88 bits per heavy atom. The second-order valence-corrected chi connectivity index (χ2v) is 5.59. The van der Waals surface area contributed by atoms with Crippen molar-refractivity contribution in [2.24, 2.45) is 0 Å². The Hall–Kier alpha value is -0.580. The molecule has 1 aliphatic heterocycles. The van der Waals surface area contributed by atoms with Crippen LogP contribution in [0.3, 0.4) is 0 Å². The first-order valence-corrected chi connectivity index (χ1v) is 6.91. The van der Waals surface area contributed by atoms with Crippen molar-refractivity contribution in [3.63, 3.8) is 0 Å². The first-order chi connectivity index (χ1) is 7.75. The molecular weight excluding hydrogens is 218 g/mol. The fraction of sp³-hybridized carbons (Fsp3) is 0.667. The minimum absolute atomic E-state index is 0.541. The smallest absolute Gasteiger partial charge is 0.0468 e. The van der Waals surface area contributed by atoms with E-state index in [1.165, 1.54) is 30.8 Å². The summed E-state index contributed by atoms with van der Waals surface area (Å²) < 4.78 is 0. The minimum atomic E-state index is 0.541. The van der Waals surface area contributed by atoms with Gasteiger partial charge in [0.2, 0.25) is 0 Å². The summed E-state index contributed by atoms with van der Waals surface area (Å²) in [5.41, 5.74) is 6.77. The van der Waals surface area contributed by atoms with Gasteiger partial charge in [0.15, 0.2) is 0 Å². The van der Waals surface area contributed by atoms with Crippen LogP contribution < -0.4 is 11.1 Å². The number of likely N-dealkylation sites (tertiary alicyclic amines) is 1. The number of nitrogens with two attached hydrogens (primary N) is 1. The highest BCUT2D eigenvalue weighted by Crippen LogP contribution is 2.18. The standard InChI is InChI=1S/C12H21N3S/c1-10(9-15-5-2-3-6-15)14-8-12-11(13)4-7-16-12/h4,7,10,14H,2-3,5-6,8-9,13H2,1H3. The van der Waals surface area contributed by atoms with E-state index in [2.05, 4.69) is 22.5 Å².